The van der Waals surface area contributed by atoms with Gasteiger partial charge in [-0.2, -0.15) is 0 Å². The largest absolute Gasteiger partial charge is 0.481 e. The van der Waals surface area contributed by atoms with Crippen LogP contribution < -0.4 is 0 Å². The number of carboxylic acids is 1. The number of hydrogen-bond donors (Lipinski definition) is 1. The SMILES string of the molecule is O=C(O)Cc1nc(-c2ccc(Br)s2)cs1. The van der Waals surface area contributed by atoms with E-state index < -0.39 is 5.97 Å². The van der Waals surface area contributed by atoms with Crippen LogP contribution in [-0.2, 0) is 11.2 Å². The number of thiophene rings is 1. The van der Waals surface area contributed by atoms with Gasteiger partial charge in [0.1, 0.15) is 5.01 Å². The number of thiazole rings is 1. The van der Waals surface area contributed by atoms with Gasteiger partial charge in [-0.3, -0.25) is 4.79 Å². The number of halogens is 1. The minimum Gasteiger partial charge on any atom is -0.481 e. The molecule has 0 amide bonds. The normalized spacial score (nSPS) is 10.5. The molecule has 0 spiro atoms. The van der Waals surface area contributed by atoms with Gasteiger partial charge in [-0.25, -0.2) is 4.98 Å². The molecule has 0 aliphatic rings. The fraction of sp³-hybridized carbons (Fsp3) is 0.111. The Morgan fingerprint density at radius 1 is 1.53 bits per heavy atom. The van der Waals surface area contributed by atoms with Gasteiger partial charge in [0, 0.05) is 5.38 Å². The molecule has 0 bridgehead atoms. The lowest BCUT2D eigenvalue weighted by molar-refractivity contribution is -0.136. The summed E-state index contributed by atoms with van der Waals surface area (Å²) in [5, 5.41) is 11.1. The molecular formula is C9H6BrNO2S2. The minimum absolute atomic E-state index is 0.00277. The van der Waals surface area contributed by atoms with Crippen LogP contribution in [0, 0.1) is 0 Å². The monoisotopic (exact) mass is 303 g/mol. The molecule has 3 nitrogen and oxygen atoms in total. The van der Waals surface area contributed by atoms with Crippen molar-refractivity contribution in [2.75, 3.05) is 0 Å². The highest BCUT2D eigenvalue weighted by Gasteiger charge is 2.09. The van der Waals surface area contributed by atoms with Crippen LogP contribution in [0.5, 0.6) is 0 Å². The lowest BCUT2D eigenvalue weighted by atomic mass is 10.4. The Hall–Kier alpha value is -0.720. The quantitative estimate of drug-likeness (QED) is 0.947. The topological polar surface area (TPSA) is 50.2 Å². The molecule has 0 aliphatic carbocycles. The fourth-order valence-corrected chi connectivity index (χ4v) is 3.29. The average molecular weight is 304 g/mol. The Balaban J connectivity index is 2.23. The van der Waals surface area contributed by atoms with Crippen molar-refractivity contribution in [1.29, 1.82) is 0 Å². The Kier molecular flexibility index (Phi) is 3.18. The van der Waals surface area contributed by atoms with Crippen molar-refractivity contribution < 1.29 is 9.90 Å². The summed E-state index contributed by atoms with van der Waals surface area (Å²) in [7, 11) is 0. The zero-order valence-corrected chi connectivity index (χ0v) is 10.7. The molecule has 2 aromatic rings. The van der Waals surface area contributed by atoms with E-state index in [9.17, 15) is 4.79 Å². The molecule has 2 rings (SSSR count). The summed E-state index contributed by atoms with van der Waals surface area (Å²) in [6.07, 6.45) is -0.00277. The molecule has 2 heterocycles. The van der Waals surface area contributed by atoms with Crippen molar-refractivity contribution in [3.63, 3.8) is 0 Å². The smallest absolute Gasteiger partial charge is 0.310 e. The standard InChI is InChI=1S/C9H6BrNO2S2/c10-7-2-1-6(15-7)5-4-14-8(11-5)3-9(12)13/h1-2,4H,3H2,(H,12,13). The maximum absolute atomic E-state index is 10.5. The van der Waals surface area contributed by atoms with E-state index in [1.807, 2.05) is 17.5 Å². The van der Waals surface area contributed by atoms with Gasteiger partial charge >= 0.3 is 5.97 Å². The van der Waals surface area contributed by atoms with E-state index in [0.29, 0.717) is 5.01 Å². The second-order valence-corrected chi connectivity index (χ2v) is 6.21. The van der Waals surface area contributed by atoms with Gasteiger partial charge in [-0.1, -0.05) is 0 Å². The van der Waals surface area contributed by atoms with Crippen LogP contribution in [-0.4, -0.2) is 16.1 Å². The Morgan fingerprint density at radius 2 is 2.33 bits per heavy atom. The molecule has 0 aliphatic heterocycles. The molecule has 2 aromatic heterocycles. The summed E-state index contributed by atoms with van der Waals surface area (Å²) in [5.41, 5.74) is 0.854. The molecular weight excluding hydrogens is 298 g/mol. The van der Waals surface area contributed by atoms with Crippen molar-refractivity contribution in [1.82, 2.24) is 4.98 Å². The Morgan fingerprint density at radius 3 is 2.93 bits per heavy atom. The first-order chi connectivity index (χ1) is 7.15. The number of rotatable bonds is 3. The van der Waals surface area contributed by atoms with E-state index in [4.69, 9.17) is 5.11 Å². The zero-order valence-electron chi connectivity index (χ0n) is 7.44. The molecule has 1 N–H and O–H groups in total. The van der Waals surface area contributed by atoms with Gasteiger partial charge in [0.15, 0.2) is 0 Å². The van der Waals surface area contributed by atoms with Crippen molar-refractivity contribution in [2.24, 2.45) is 0 Å². The van der Waals surface area contributed by atoms with Crippen LogP contribution in [0.15, 0.2) is 21.3 Å². The van der Waals surface area contributed by atoms with Crippen LogP contribution in [0.4, 0.5) is 0 Å². The lowest BCUT2D eigenvalue weighted by Gasteiger charge is -1.88. The fourth-order valence-electron chi connectivity index (χ4n) is 1.09. The van der Waals surface area contributed by atoms with E-state index in [1.165, 1.54) is 11.3 Å². The predicted molar refractivity (Wildman–Crippen MR) is 64.5 cm³/mol. The lowest BCUT2D eigenvalue weighted by Crippen LogP contribution is -1.98. The predicted octanol–water partition coefficient (Wildman–Crippen LogP) is 3.26. The van der Waals surface area contributed by atoms with Crippen LogP contribution in [0.1, 0.15) is 5.01 Å². The van der Waals surface area contributed by atoms with E-state index >= 15 is 0 Å². The van der Waals surface area contributed by atoms with Crippen LogP contribution in [0.2, 0.25) is 0 Å². The van der Waals surface area contributed by atoms with Crippen LogP contribution >= 0.6 is 38.6 Å². The van der Waals surface area contributed by atoms with Crippen LogP contribution in [0.25, 0.3) is 10.6 Å². The summed E-state index contributed by atoms with van der Waals surface area (Å²) in [4.78, 5) is 15.8. The van der Waals surface area contributed by atoms with Crippen molar-refractivity contribution in [3.8, 4) is 10.6 Å². The first-order valence-electron chi connectivity index (χ1n) is 4.07. The minimum atomic E-state index is -0.844. The molecule has 0 aromatic carbocycles. The number of carboxylic acid groups (broad SMARTS) is 1. The summed E-state index contributed by atoms with van der Waals surface area (Å²) in [6.45, 7) is 0. The molecule has 0 saturated heterocycles. The second kappa shape index (κ2) is 4.42. The van der Waals surface area contributed by atoms with Gasteiger partial charge in [0.25, 0.3) is 0 Å². The third-order valence-corrected chi connectivity index (χ3v) is 4.17. The summed E-state index contributed by atoms with van der Waals surface area (Å²) in [6, 6.07) is 3.92. The molecule has 15 heavy (non-hydrogen) atoms. The van der Waals surface area contributed by atoms with Gasteiger partial charge in [-0.05, 0) is 28.1 Å². The number of aromatic nitrogens is 1. The van der Waals surface area contributed by atoms with E-state index in [1.54, 1.807) is 11.3 Å². The van der Waals surface area contributed by atoms with E-state index in [-0.39, 0.29) is 6.42 Å². The molecule has 0 atom stereocenters. The third kappa shape index (κ3) is 2.64. The first kappa shape index (κ1) is 10.8. The summed E-state index contributed by atoms with van der Waals surface area (Å²) >= 11 is 6.34. The van der Waals surface area contributed by atoms with Gasteiger partial charge in [0.2, 0.25) is 0 Å². The molecule has 0 saturated carbocycles. The molecule has 0 fully saturated rings. The number of carbonyl (C=O) groups is 1. The molecule has 6 heteroatoms. The van der Waals surface area contributed by atoms with Gasteiger partial charge in [-0.15, -0.1) is 22.7 Å². The van der Waals surface area contributed by atoms with Crippen molar-refractivity contribution in [2.45, 2.75) is 6.42 Å². The molecule has 0 radical (unpaired) electrons. The van der Waals surface area contributed by atoms with Crippen molar-refractivity contribution >= 4 is 44.6 Å². The highest BCUT2D eigenvalue weighted by atomic mass is 79.9. The first-order valence-corrected chi connectivity index (χ1v) is 6.56. The maximum atomic E-state index is 10.5. The van der Waals surface area contributed by atoms with Gasteiger partial charge in [0.05, 0.1) is 20.8 Å². The zero-order chi connectivity index (χ0) is 10.8. The maximum Gasteiger partial charge on any atom is 0.310 e. The van der Waals surface area contributed by atoms with Crippen LogP contribution in [0.3, 0.4) is 0 Å². The molecule has 78 valence electrons. The Bertz CT molecular complexity index is 492. The summed E-state index contributed by atoms with van der Waals surface area (Å²) in [5.74, 6) is -0.844. The van der Waals surface area contributed by atoms with Crippen molar-refractivity contribution in [3.05, 3.63) is 26.3 Å². The average Bonchev–Trinajstić information content (AvgIpc) is 2.72. The van der Waals surface area contributed by atoms with Gasteiger partial charge < -0.3 is 5.11 Å². The summed E-state index contributed by atoms with van der Waals surface area (Å²) < 4.78 is 1.05. The molecule has 0 unspecified atom stereocenters. The number of aliphatic carboxylic acids is 1. The Labute approximate surface area is 103 Å². The highest BCUT2D eigenvalue weighted by Crippen LogP contribution is 2.31. The number of nitrogens with zero attached hydrogens (tertiary/aromatic N) is 1. The van der Waals surface area contributed by atoms with E-state index in [2.05, 4.69) is 20.9 Å². The second-order valence-electron chi connectivity index (χ2n) is 2.80. The van der Waals surface area contributed by atoms with E-state index in [0.717, 1.165) is 14.4 Å². The third-order valence-electron chi connectivity index (χ3n) is 1.68. The highest BCUT2D eigenvalue weighted by molar-refractivity contribution is 9.11. The number of hydrogen-bond acceptors (Lipinski definition) is 4.